The fraction of sp³-hybridized carbons (Fsp3) is 0.682. The zero-order valence-corrected chi connectivity index (χ0v) is 15.7. The minimum atomic E-state index is -0.970. The second kappa shape index (κ2) is 7.13. The van der Waals surface area contributed by atoms with Crippen LogP contribution in [0, 0.1) is 23.2 Å². The van der Waals surface area contributed by atoms with Gasteiger partial charge in [-0.15, -0.1) is 0 Å². The third kappa shape index (κ3) is 3.99. The lowest BCUT2D eigenvalue weighted by Crippen LogP contribution is -2.46. The smallest absolute Gasteiger partial charge is 0.404 e. The first-order valence-electron chi connectivity index (χ1n) is 10.2. The Bertz CT molecular complexity index is 604. The van der Waals surface area contributed by atoms with E-state index in [2.05, 4.69) is 5.32 Å². The second-order valence-electron chi connectivity index (χ2n) is 9.21. The van der Waals surface area contributed by atoms with E-state index in [1.807, 2.05) is 31.2 Å². The molecule has 0 radical (unpaired) electrons. The van der Waals surface area contributed by atoms with E-state index in [-0.39, 0.29) is 6.04 Å². The van der Waals surface area contributed by atoms with E-state index in [1.54, 1.807) is 0 Å². The van der Waals surface area contributed by atoms with Gasteiger partial charge in [0, 0.05) is 6.04 Å². The molecule has 0 spiro atoms. The summed E-state index contributed by atoms with van der Waals surface area (Å²) in [5.41, 5.74) is 1.70. The van der Waals surface area contributed by atoms with Crippen LogP contribution in [0.25, 0.3) is 0 Å². The maximum atomic E-state index is 10.7. The van der Waals surface area contributed by atoms with Crippen LogP contribution in [0.15, 0.2) is 24.3 Å². The number of amides is 1. The van der Waals surface area contributed by atoms with Gasteiger partial charge < -0.3 is 15.2 Å². The Morgan fingerprint density at radius 2 is 1.73 bits per heavy atom. The van der Waals surface area contributed by atoms with Gasteiger partial charge in [-0.2, -0.15) is 0 Å². The summed E-state index contributed by atoms with van der Waals surface area (Å²) in [5, 5.41) is 11.2. The largest absolute Gasteiger partial charge is 0.494 e. The molecule has 142 valence electrons. The lowest BCUT2D eigenvalue weighted by Gasteiger charge is -2.57. The van der Waals surface area contributed by atoms with E-state index in [0.29, 0.717) is 11.8 Å². The molecular weight excluding hydrogens is 326 g/mol. The van der Waals surface area contributed by atoms with Crippen molar-refractivity contribution in [2.24, 2.45) is 23.2 Å². The first kappa shape index (κ1) is 17.7. The molecule has 4 saturated carbocycles. The summed E-state index contributed by atoms with van der Waals surface area (Å²) in [6.07, 6.45) is 9.74. The third-order valence-electron chi connectivity index (χ3n) is 6.90. The van der Waals surface area contributed by atoms with E-state index >= 15 is 0 Å². The van der Waals surface area contributed by atoms with Crippen LogP contribution in [-0.2, 0) is 6.42 Å². The highest BCUT2D eigenvalue weighted by molar-refractivity contribution is 5.64. The fourth-order valence-corrected chi connectivity index (χ4v) is 6.32. The number of carboxylic acid groups (broad SMARTS) is 1. The summed E-state index contributed by atoms with van der Waals surface area (Å²) in [6, 6.07) is 8.03. The van der Waals surface area contributed by atoms with Gasteiger partial charge >= 0.3 is 6.09 Å². The minimum absolute atomic E-state index is 0.0876. The molecule has 4 heteroatoms. The summed E-state index contributed by atoms with van der Waals surface area (Å²) in [5.74, 6) is 3.93. The van der Waals surface area contributed by atoms with E-state index in [9.17, 15) is 4.79 Å². The van der Waals surface area contributed by atoms with E-state index < -0.39 is 6.09 Å². The topological polar surface area (TPSA) is 58.6 Å². The molecule has 4 nitrogen and oxygen atoms in total. The van der Waals surface area contributed by atoms with Crippen molar-refractivity contribution in [3.05, 3.63) is 29.8 Å². The molecule has 4 fully saturated rings. The van der Waals surface area contributed by atoms with Crippen LogP contribution in [0.2, 0.25) is 0 Å². The Hall–Kier alpha value is -1.71. The quantitative estimate of drug-likeness (QED) is 0.732. The highest BCUT2D eigenvalue weighted by Gasteiger charge is 2.50. The van der Waals surface area contributed by atoms with Crippen LogP contribution < -0.4 is 10.1 Å². The molecular formula is C22H31NO3. The standard InChI is InChI=1S/C22H31NO3/c1-15(23-21(24)25)8-16-2-4-20(5-3-16)26-7-6-22-12-17-9-18(13-22)11-19(10-17)14-22/h2-5,15,17-19,23H,6-14H2,1H3,(H,24,25). The van der Waals surface area contributed by atoms with Gasteiger partial charge in [0.1, 0.15) is 5.75 Å². The predicted octanol–water partition coefficient (Wildman–Crippen LogP) is 4.87. The lowest BCUT2D eigenvalue weighted by atomic mass is 9.49. The average molecular weight is 357 g/mol. The minimum Gasteiger partial charge on any atom is -0.494 e. The molecule has 0 saturated heterocycles. The van der Waals surface area contributed by atoms with Crippen molar-refractivity contribution in [3.8, 4) is 5.75 Å². The van der Waals surface area contributed by atoms with E-state index in [1.165, 1.54) is 44.9 Å². The number of hydrogen-bond donors (Lipinski definition) is 2. The normalized spacial score (nSPS) is 33.0. The molecule has 0 aliphatic heterocycles. The molecule has 1 unspecified atom stereocenters. The van der Waals surface area contributed by atoms with Crippen molar-refractivity contribution in [2.45, 2.75) is 64.3 Å². The molecule has 0 heterocycles. The van der Waals surface area contributed by atoms with Gasteiger partial charge in [0.25, 0.3) is 0 Å². The van der Waals surface area contributed by atoms with Crippen molar-refractivity contribution in [3.63, 3.8) is 0 Å². The monoisotopic (exact) mass is 357 g/mol. The van der Waals surface area contributed by atoms with Gasteiger partial charge in [0.05, 0.1) is 6.61 Å². The van der Waals surface area contributed by atoms with Crippen LogP contribution in [0.5, 0.6) is 5.75 Å². The molecule has 4 aliphatic rings. The number of ether oxygens (including phenoxy) is 1. The lowest BCUT2D eigenvalue weighted by molar-refractivity contribution is -0.0622. The molecule has 26 heavy (non-hydrogen) atoms. The molecule has 5 rings (SSSR count). The van der Waals surface area contributed by atoms with Crippen LogP contribution in [-0.4, -0.2) is 23.8 Å². The Kier molecular flexibility index (Phi) is 4.85. The van der Waals surface area contributed by atoms with Gasteiger partial charge in [-0.3, -0.25) is 0 Å². The van der Waals surface area contributed by atoms with Crippen molar-refractivity contribution in [2.75, 3.05) is 6.61 Å². The highest BCUT2D eigenvalue weighted by atomic mass is 16.5. The number of carbonyl (C=O) groups is 1. The third-order valence-corrected chi connectivity index (χ3v) is 6.90. The maximum Gasteiger partial charge on any atom is 0.404 e. The number of hydrogen-bond acceptors (Lipinski definition) is 2. The van der Waals surface area contributed by atoms with Gasteiger partial charge in [0.15, 0.2) is 0 Å². The molecule has 1 aromatic rings. The highest BCUT2D eigenvalue weighted by Crippen LogP contribution is 2.61. The first-order chi connectivity index (χ1) is 12.5. The zero-order chi connectivity index (χ0) is 18.1. The Morgan fingerprint density at radius 1 is 1.15 bits per heavy atom. The van der Waals surface area contributed by atoms with E-state index in [4.69, 9.17) is 9.84 Å². The molecule has 4 aliphatic carbocycles. The van der Waals surface area contributed by atoms with E-state index in [0.717, 1.165) is 35.7 Å². The van der Waals surface area contributed by atoms with Crippen LogP contribution in [0.3, 0.4) is 0 Å². The van der Waals surface area contributed by atoms with Crippen molar-refractivity contribution >= 4 is 6.09 Å². The summed E-state index contributed by atoms with van der Waals surface area (Å²) in [7, 11) is 0. The van der Waals surface area contributed by atoms with Crippen LogP contribution in [0.1, 0.15) is 57.4 Å². The number of rotatable bonds is 7. The number of benzene rings is 1. The molecule has 1 aromatic carbocycles. The average Bonchev–Trinajstić information content (AvgIpc) is 2.54. The Labute approximate surface area is 156 Å². The molecule has 1 atom stereocenters. The van der Waals surface area contributed by atoms with Crippen molar-refractivity contribution in [1.29, 1.82) is 0 Å². The maximum absolute atomic E-state index is 10.7. The van der Waals surface area contributed by atoms with Gasteiger partial charge in [0.2, 0.25) is 0 Å². The van der Waals surface area contributed by atoms with Gasteiger partial charge in [-0.25, -0.2) is 4.79 Å². The predicted molar refractivity (Wildman–Crippen MR) is 101 cm³/mol. The van der Waals surface area contributed by atoms with Gasteiger partial charge in [-0.1, -0.05) is 12.1 Å². The fourth-order valence-electron chi connectivity index (χ4n) is 6.32. The molecule has 4 bridgehead atoms. The Balaban J connectivity index is 1.26. The molecule has 1 amide bonds. The van der Waals surface area contributed by atoms with Crippen LogP contribution in [0.4, 0.5) is 4.79 Å². The SMILES string of the molecule is CC(Cc1ccc(OCCC23CC4CC(CC(C4)C2)C3)cc1)NC(=O)O. The van der Waals surface area contributed by atoms with Crippen molar-refractivity contribution < 1.29 is 14.6 Å². The first-order valence-corrected chi connectivity index (χ1v) is 10.2. The summed E-state index contributed by atoms with van der Waals surface area (Å²) in [4.78, 5) is 10.7. The summed E-state index contributed by atoms with van der Waals surface area (Å²) >= 11 is 0. The zero-order valence-electron chi connectivity index (χ0n) is 15.7. The summed E-state index contributed by atoms with van der Waals surface area (Å²) in [6.45, 7) is 2.70. The van der Waals surface area contributed by atoms with Gasteiger partial charge in [-0.05, 0) is 99.2 Å². The van der Waals surface area contributed by atoms with Crippen LogP contribution >= 0.6 is 0 Å². The number of nitrogens with one attached hydrogen (secondary N) is 1. The Morgan fingerprint density at radius 3 is 2.27 bits per heavy atom. The molecule has 2 N–H and O–H groups in total. The van der Waals surface area contributed by atoms with Crippen molar-refractivity contribution in [1.82, 2.24) is 5.32 Å². The molecule has 0 aromatic heterocycles. The summed E-state index contributed by atoms with van der Waals surface area (Å²) < 4.78 is 6.06. The second-order valence-corrected chi connectivity index (χ2v) is 9.21.